The van der Waals surface area contributed by atoms with Crippen LogP contribution in [0.25, 0.3) is 0 Å². The number of amides is 1. The molecule has 0 aromatic carbocycles. The summed E-state index contributed by atoms with van der Waals surface area (Å²) in [4.78, 5) is 21.6. The van der Waals surface area contributed by atoms with E-state index in [1.165, 1.54) is 23.6 Å². The molecule has 94 valence electrons. The largest absolute Gasteiger partial charge is 0.382 e. The molecule has 0 saturated heterocycles. The first kappa shape index (κ1) is 12.8. The average molecular weight is 283 g/mol. The number of pyridine rings is 1. The molecule has 2 aromatic heterocycles. The molecule has 0 radical (unpaired) electrons. The third-order valence-electron chi connectivity index (χ3n) is 2.35. The molecule has 5 nitrogen and oxygen atoms in total. The van der Waals surface area contributed by atoms with E-state index in [1.54, 1.807) is 17.5 Å². The topological polar surface area (TPSA) is 72.1 Å². The Balaban J connectivity index is 2.12. The highest BCUT2D eigenvalue weighted by molar-refractivity contribution is 7.07. The Morgan fingerprint density at radius 1 is 1.56 bits per heavy atom. The van der Waals surface area contributed by atoms with Crippen molar-refractivity contribution in [3.8, 4) is 0 Å². The summed E-state index contributed by atoms with van der Waals surface area (Å²) in [5.74, 6) is 0.0489. The van der Waals surface area contributed by atoms with E-state index in [9.17, 15) is 4.79 Å². The number of thiazole rings is 1. The number of nitrogen functional groups attached to an aromatic ring is 1. The van der Waals surface area contributed by atoms with E-state index in [4.69, 9.17) is 17.3 Å². The molecule has 0 bridgehead atoms. The predicted octanol–water partition coefficient (Wildman–Crippen LogP) is 2.05. The van der Waals surface area contributed by atoms with Crippen LogP contribution in [-0.4, -0.2) is 27.8 Å². The van der Waals surface area contributed by atoms with Gasteiger partial charge >= 0.3 is 0 Å². The highest BCUT2D eigenvalue weighted by Gasteiger charge is 2.14. The van der Waals surface area contributed by atoms with Crippen molar-refractivity contribution in [3.05, 3.63) is 39.4 Å². The number of halogens is 1. The second-order valence-corrected chi connectivity index (χ2v) is 4.86. The van der Waals surface area contributed by atoms with Crippen LogP contribution in [0.2, 0.25) is 5.02 Å². The van der Waals surface area contributed by atoms with Gasteiger partial charge in [-0.05, 0) is 6.07 Å². The van der Waals surface area contributed by atoms with Gasteiger partial charge in [-0.1, -0.05) is 11.6 Å². The van der Waals surface area contributed by atoms with Gasteiger partial charge in [-0.2, -0.15) is 0 Å². The van der Waals surface area contributed by atoms with Crippen molar-refractivity contribution >= 4 is 34.7 Å². The summed E-state index contributed by atoms with van der Waals surface area (Å²) in [6.45, 7) is 0.449. The van der Waals surface area contributed by atoms with Crippen LogP contribution in [0.1, 0.15) is 16.1 Å². The number of anilines is 1. The Labute approximate surface area is 113 Å². The number of rotatable bonds is 3. The lowest BCUT2D eigenvalue weighted by molar-refractivity contribution is 0.0783. The summed E-state index contributed by atoms with van der Waals surface area (Å²) in [7, 11) is 1.70. The van der Waals surface area contributed by atoms with Crippen LogP contribution in [0.5, 0.6) is 0 Å². The van der Waals surface area contributed by atoms with Crippen molar-refractivity contribution in [1.82, 2.24) is 14.9 Å². The Bertz CT molecular complexity index is 558. The lowest BCUT2D eigenvalue weighted by atomic mass is 10.2. The number of nitrogens with two attached hydrogens (primary N) is 1. The van der Waals surface area contributed by atoms with Crippen molar-refractivity contribution in [2.75, 3.05) is 12.8 Å². The van der Waals surface area contributed by atoms with Gasteiger partial charge in [-0.25, -0.2) is 9.97 Å². The van der Waals surface area contributed by atoms with Crippen molar-refractivity contribution in [2.45, 2.75) is 6.54 Å². The first-order chi connectivity index (χ1) is 8.58. The highest BCUT2D eigenvalue weighted by Crippen LogP contribution is 2.18. The fourth-order valence-corrected chi connectivity index (χ4v) is 2.13. The number of nitrogens with zero attached hydrogens (tertiary/aromatic N) is 3. The molecule has 2 rings (SSSR count). The summed E-state index contributed by atoms with van der Waals surface area (Å²) in [5, 5.41) is 2.18. The van der Waals surface area contributed by atoms with E-state index in [1.807, 2.05) is 5.38 Å². The monoisotopic (exact) mass is 282 g/mol. The van der Waals surface area contributed by atoms with Crippen LogP contribution in [0.3, 0.4) is 0 Å². The van der Waals surface area contributed by atoms with Crippen LogP contribution >= 0.6 is 22.9 Å². The van der Waals surface area contributed by atoms with Gasteiger partial charge in [0.05, 0.1) is 28.3 Å². The van der Waals surface area contributed by atoms with Gasteiger partial charge in [0.15, 0.2) is 0 Å². The van der Waals surface area contributed by atoms with Crippen LogP contribution in [0.4, 0.5) is 5.82 Å². The van der Waals surface area contributed by atoms with Gasteiger partial charge in [0.25, 0.3) is 5.91 Å². The lowest BCUT2D eigenvalue weighted by Crippen LogP contribution is -2.26. The smallest absolute Gasteiger partial charge is 0.255 e. The number of hydrogen-bond donors (Lipinski definition) is 1. The van der Waals surface area contributed by atoms with Gasteiger partial charge < -0.3 is 10.6 Å². The number of carbonyl (C=O) groups is 1. The number of carbonyl (C=O) groups excluding carboxylic acids is 1. The highest BCUT2D eigenvalue weighted by atomic mass is 35.5. The third-order valence-corrected chi connectivity index (χ3v) is 3.28. The molecule has 0 saturated carbocycles. The molecule has 7 heteroatoms. The predicted molar refractivity (Wildman–Crippen MR) is 71.6 cm³/mol. The normalized spacial score (nSPS) is 10.3. The molecule has 18 heavy (non-hydrogen) atoms. The van der Waals surface area contributed by atoms with Crippen LogP contribution < -0.4 is 5.73 Å². The summed E-state index contributed by atoms with van der Waals surface area (Å²) in [6, 6.07) is 1.52. The Morgan fingerprint density at radius 3 is 2.94 bits per heavy atom. The van der Waals surface area contributed by atoms with E-state index < -0.39 is 0 Å². The molecule has 0 spiro atoms. The molecular formula is C11H11ClN4OS. The molecule has 0 fully saturated rings. The Kier molecular flexibility index (Phi) is 3.78. The maximum absolute atomic E-state index is 12.1. The second-order valence-electron chi connectivity index (χ2n) is 3.73. The van der Waals surface area contributed by atoms with Gasteiger partial charge in [-0.3, -0.25) is 4.79 Å². The van der Waals surface area contributed by atoms with Gasteiger partial charge in [0.2, 0.25) is 0 Å². The number of hydrogen-bond acceptors (Lipinski definition) is 5. The van der Waals surface area contributed by atoms with Crippen LogP contribution in [-0.2, 0) is 6.54 Å². The SMILES string of the molecule is CN(Cc1cscn1)C(=O)c1cnc(N)c(Cl)c1. The zero-order valence-corrected chi connectivity index (χ0v) is 11.2. The van der Waals surface area contributed by atoms with E-state index in [0.717, 1.165) is 5.69 Å². The zero-order valence-electron chi connectivity index (χ0n) is 9.63. The first-order valence-corrected chi connectivity index (χ1v) is 6.43. The molecule has 2 heterocycles. The Hall–Kier alpha value is -1.66. The molecule has 1 amide bonds. The van der Waals surface area contributed by atoms with Crippen molar-refractivity contribution < 1.29 is 4.79 Å². The summed E-state index contributed by atoms with van der Waals surface area (Å²) in [5.41, 5.74) is 8.49. The fraction of sp³-hybridized carbons (Fsp3) is 0.182. The minimum absolute atomic E-state index is 0.169. The van der Waals surface area contributed by atoms with Gasteiger partial charge in [-0.15, -0.1) is 11.3 Å². The molecule has 0 aliphatic rings. The Morgan fingerprint density at radius 2 is 2.33 bits per heavy atom. The van der Waals surface area contributed by atoms with Crippen LogP contribution in [0, 0.1) is 0 Å². The van der Waals surface area contributed by atoms with E-state index >= 15 is 0 Å². The lowest BCUT2D eigenvalue weighted by Gasteiger charge is -2.15. The summed E-state index contributed by atoms with van der Waals surface area (Å²) < 4.78 is 0. The standard InChI is InChI=1S/C11H11ClN4OS/c1-16(4-8-5-18-6-15-8)11(17)7-2-9(12)10(13)14-3-7/h2-3,5-6H,4H2,1H3,(H2,13,14). The molecule has 0 unspecified atom stereocenters. The maximum atomic E-state index is 12.1. The molecule has 0 atom stereocenters. The summed E-state index contributed by atoms with van der Waals surface area (Å²) >= 11 is 7.33. The van der Waals surface area contributed by atoms with Crippen molar-refractivity contribution in [1.29, 1.82) is 0 Å². The minimum Gasteiger partial charge on any atom is -0.382 e. The maximum Gasteiger partial charge on any atom is 0.255 e. The van der Waals surface area contributed by atoms with E-state index in [-0.39, 0.29) is 16.7 Å². The summed E-state index contributed by atoms with van der Waals surface area (Å²) in [6.07, 6.45) is 1.42. The van der Waals surface area contributed by atoms with Crippen molar-refractivity contribution in [3.63, 3.8) is 0 Å². The molecule has 2 N–H and O–H groups in total. The molecule has 0 aliphatic heterocycles. The van der Waals surface area contributed by atoms with E-state index in [0.29, 0.717) is 12.1 Å². The van der Waals surface area contributed by atoms with Gasteiger partial charge in [0.1, 0.15) is 5.82 Å². The van der Waals surface area contributed by atoms with Gasteiger partial charge in [0, 0.05) is 18.6 Å². The van der Waals surface area contributed by atoms with Crippen LogP contribution in [0.15, 0.2) is 23.2 Å². The first-order valence-electron chi connectivity index (χ1n) is 5.11. The molecule has 0 aliphatic carbocycles. The zero-order chi connectivity index (χ0) is 13.1. The quantitative estimate of drug-likeness (QED) is 0.935. The molecule has 2 aromatic rings. The third kappa shape index (κ3) is 2.77. The van der Waals surface area contributed by atoms with Crippen molar-refractivity contribution in [2.24, 2.45) is 0 Å². The average Bonchev–Trinajstić information content (AvgIpc) is 2.84. The van der Waals surface area contributed by atoms with E-state index in [2.05, 4.69) is 9.97 Å². The minimum atomic E-state index is -0.169. The molecular weight excluding hydrogens is 272 g/mol. The second kappa shape index (κ2) is 5.32. The fourth-order valence-electron chi connectivity index (χ4n) is 1.42. The number of aromatic nitrogens is 2.